The normalized spacial score (nSPS) is 15.3. The molecule has 0 aromatic heterocycles. The van der Waals surface area contributed by atoms with Crippen LogP contribution in [0.2, 0.25) is 0 Å². The molecule has 0 radical (unpaired) electrons. The van der Waals surface area contributed by atoms with Gasteiger partial charge in [-0.25, -0.2) is 0 Å². The number of rotatable bonds is 17. The van der Waals surface area contributed by atoms with Crippen molar-refractivity contribution in [2.75, 3.05) is 30.9 Å². The molecule has 7 rings (SSSR count). The monoisotopic (exact) mass is 824 g/mol. The maximum absolute atomic E-state index is 13.4. The van der Waals surface area contributed by atoms with Gasteiger partial charge in [0.05, 0.1) is 17.7 Å². The van der Waals surface area contributed by atoms with Gasteiger partial charge in [0.1, 0.15) is 24.1 Å². The number of anilines is 1. The third-order valence-electron chi connectivity index (χ3n) is 10.6. The van der Waals surface area contributed by atoms with E-state index in [9.17, 15) is 29.1 Å². The van der Waals surface area contributed by atoms with Crippen LogP contribution in [-0.2, 0) is 27.2 Å². The molecule has 60 heavy (non-hydrogen) atoms. The molecule has 0 saturated carbocycles. The maximum Gasteiger partial charge on any atom is 0.264 e. The third kappa shape index (κ3) is 9.76. The molecule has 1 saturated heterocycles. The van der Waals surface area contributed by atoms with Gasteiger partial charge in [-0.1, -0.05) is 84.9 Å². The van der Waals surface area contributed by atoms with E-state index in [-0.39, 0.29) is 35.6 Å². The van der Waals surface area contributed by atoms with Gasteiger partial charge in [0, 0.05) is 31.0 Å². The Morgan fingerprint density at radius 3 is 2.12 bits per heavy atom. The Morgan fingerprint density at radius 1 is 0.750 bits per heavy atom. The number of halogens is 1. The topological polar surface area (TPSA) is 154 Å². The number of amides is 5. The van der Waals surface area contributed by atoms with Crippen LogP contribution in [0.25, 0.3) is 11.1 Å². The van der Waals surface area contributed by atoms with Crippen molar-refractivity contribution >= 4 is 58.0 Å². The summed E-state index contributed by atoms with van der Waals surface area (Å²) < 4.78 is 5.96. The number of hydrogen-bond donors (Lipinski definition) is 4. The zero-order valence-electron chi connectivity index (χ0n) is 32.9. The van der Waals surface area contributed by atoms with E-state index in [1.807, 2.05) is 78.9 Å². The van der Waals surface area contributed by atoms with Crippen LogP contribution in [0, 0.1) is 0 Å². The number of fused-ring (bicyclic) bond motifs is 1. The first kappa shape index (κ1) is 41.4. The van der Waals surface area contributed by atoms with E-state index < -0.39 is 29.7 Å². The second-order valence-electron chi connectivity index (χ2n) is 14.6. The van der Waals surface area contributed by atoms with E-state index in [2.05, 4.69) is 28.1 Å². The van der Waals surface area contributed by atoms with Crippen LogP contribution in [0.3, 0.4) is 0 Å². The highest BCUT2D eigenvalue weighted by molar-refractivity contribution is 6.25. The van der Waals surface area contributed by atoms with Crippen LogP contribution in [0.4, 0.5) is 5.69 Å². The molecule has 11 nitrogen and oxygen atoms in total. The van der Waals surface area contributed by atoms with Gasteiger partial charge in [0.2, 0.25) is 17.7 Å². The molecule has 0 bridgehead atoms. The van der Waals surface area contributed by atoms with E-state index >= 15 is 0 Å². The van der Waals surface area contributed by atoms with Gasteiger partial charge in [-0.05, 0) is 101 Å². The van der Waals surface area contributed by atoms with Crippen molar-refractivity contribution < 1.29 is 33.8 Å². The molecule has 12 heteroatoms. The van der Waals surface area contributed by atoms with Crippen LogP contribution < -0.4 is 20.7 Å². The summed E-state index contributed by atoms with van der Waals surface area (Å²) in [5.41, 5.74) is 8.21. The highest BCUT2D eigenvalue weighted by Crippen LogP contribution is 2.36. The Balaban J connectivity index is 0.858. The summed E-state index contributed by atoms with van der Waals surface area (Å²) in [6.45, 7) is 1.16. The number of aryl methyl sites for hydroxylation is 1. The van der Waals surface area contributed by atoms with E-state index in [0.29, 0.717) is 62.7 Å². The number of allylic oxidation sites excluding steroid dienone is 1. The van der Waals surface area contributed by atoms with E-state index in [0.717, 1.165) is 43.9 Å². The van der Waals surface area contributed by atoms with Crippen LogP contribution in [0.1, 0.15) is 74.2 Å². The molecular weight excluding hydrogens is 780 g/mol. The first-order chi connectivity index (χ1) is 29.2. The molecule has 5 aromatic rings. The molecule has 2 aliphatic rings. The number of nitrogens with one attached hydrogen (secondary N) is 3. The van der Waals surface area contributed by atoms with Crippen LogP contribution >= 0.6 is 11.6 Å². The minimum Gasteiger partial charge on any atom is -0.508 e. The van der Waals surface area contributed by atoms with Gasteiger partial charge in [-0.2, -0.15) is 0 Å². The van der Waals surface area contributed by atoms with Crippen molar-refractivity contribution in [1.82, 2.24) is 15.5 Å². The maximum atomic E-state index is 13.4. The Hall–Kier alpha value is -6.72. The van der Waals surface area contributed by atoms with Crippen molar-refractivity contribution in [2.45, 2.75) is 44.6 Å². The minimum absolute atomic E-state index is 0.0615. The van der Waals surface area contributed by atoms with Gasteiger partial charge in [0.25, 0.3) is 11.8 Å². The first-order valence-electron chi connectivity index (χ1n) is 20.0. The molecule has 0 spiro atoms. The largest absolute Gasteiger partial charge is 0.508 e. The highest BCUT2D eigenvalue weighted by Gasteiger charge is 2.45. The number of benzene rings is 5. The summed E-state index contributed by atoms with van der Waals surface area (Å²) in [6.07, 6.45) is 2.37. The fourth-order valence-corrected chi connectivity index (χ4v) is 7.78. The molecule has 4 N–H and O–H groups in total. The molecule has 1 unspecified atom stereocenters. The van der Waals surface area contributed by atoms with Crippen molar-refractivity contribution in [3.8, 4) is 11.5 Å². The Bertz CT molecular complexity index is 2400. The fourth-order valence-electron chi connectivity index (χ4n) is 7.59. The van der Waals surface area contributed by atoms with Gasteiger partial charge in [0.15, 0.2) is 0 Å². The lowest BCUT2D eigenvalue weighted by Crippen LogP contribution is -2.54. The van der Waals surface area contributed by atoms with Crippen LogP contribution in [-0.4, -0.2) is 71.2 Å². The number of aromatic hydroxyl groups is 1. The van der Waals surface area contributed by atoms with E-state index in [4.69, 9.17) is 16.3 Å². The summed E-state index contributed by atoms with van der Waals surface area (Å²) in [7, 11) is 0. The molecule has 5 aromatic carbocycles. The summed E-state index contributed by atoms with van der Waals surface area (Å²) in [4.78, 5) is 64.2. The first-order valence-corrected chi connectivity index (χ1v) is 20.5. The van der Waals surface area contributed by atoms with Crippen molar-refractivity contribution in [2.24, 2.45) is 0 Å². The number of ether oxygens (including phenoxy) is 1. The highest BCUT2D eigenvalue weighted by atomic mass is 35.5. The van der Waals surface area contributed by atoms with Crippen LogP contribution in [0.5, 0.6) is 11.5 Å². The Labute approximate surface area is 353 Å². The molecule has 1 fully saturated rings. The number of nitrogens with zero attached hydrogens (tertiary/aromatic N) is 1. The van der Waals surface area contributed by atoms with Gasteiger partial charge >= 0.3 is 0 Å². The number of hydrogen-bond acceptors (Lipinski definition) is 8. The van der Waals surface area contributed by atoms with Crippen molar-refractivity contribution in [3.63, 3.8) is 0 Å². The number of imide groups is 2. The molecule has 1 atom stereocenters. The standard InChI is InChI=1S/C48H45ClN4O7/c49-27-25-38(33-5-2-1-3-6-33)44(34-14-18-36(54)19-15-34)35-16-20-37(21-17-35)60-30-29-51-42(55)23-13-31-9-11-32(12-10-31)26-28-50-40-8-4-7-39-45(40)48(59)53(47(39)58)41-22-24-43(56)52-46(41)57/h1-12,14-21,41,50,54H,13,22-30H2,(H,51,55)(H,52,56,57). The number of phenols is 1. The van der Waals surface area contributed by atoms with Gasteiger partial charge < -0.3 is 20.5 Å². The van der Waals surface area contributed by atoms with Gasteiger partial charge in [-0.3, -0.25) is 34.2 Å². The average Bonchev–Trinajstić information content (AvgIpc) is 3.52. The SMILES string of the molecule is O=C(CCc1ccc(CCNc2cccc3c2C(=O)N(C2CCC(=O)NC2=O)C3=O)cc1)NCCOc1ccc(C(=C(CCCl)c2ccccc2)c2ccc(O)cc2)cc1. The molecule has 306 valence electrons. The third-order valence-corrected chi connectivity index (χ3v) is 10.8. The average molecular weight is 825 g/mol. The summed E-state index contributed by atoms with van der Waals surface area (Å²) >= 11 is 6.28. The predicted octanol–water partition coefficient (Wildman–Crippen LogP) is 7.16. The molecule has 2 aliphatic heterocycles. The van der Waals surface area contributed by atoms with Crippen LogP contribution in [0.15, 0.2) is 121 Å². The smallest absolute Gasteiger partial charge is 0.264 e. The summed E-state index contributed by atoms with van der Waals surface area (Å²) in [6, 6.07) is 37.1. The molecule has 2 heterocycles. The number of carbonyl (C=O) groups is 5. The second kappa shape index (κ2) is 19.4. The number of carbonyl (C=O) groups excluding carboxylic acids is 5. The Morgan fingerprint density at radius 2 is 1.43 bits per heavy atom. The minimum atomic E-state index is -1.02. The molecular formula is C48H45ClN4O7. The number of piperidine rings is 1. The molecule has 0 aliphatic carbocycles. The van der Waals surface area contributed by atoms with Gasteiger partial charge in [-0.15, -0.1) is 11.6 Å². The summed E-state index contributed by atoms with van der Waals surface area (Å²) in [5.74, 6) is -0.890. The lowest BCUT2D eigenvalue weighted by Gasteiger charge is -2.27. The zero-order valence-corrected chi connectivity index (χ0v) is 33.7. The number of phenolic OH excluding ortho intramolecular Hbond substituents is 1. The molecule has 5 amide bonds. The lowest BCUT2D eigenvalue weighted by atomic mass is 9.88. The van der Waals surface area contributed by atoms with Crippen molar-refractivity contribution in [1.29, 1.82) is 0 Å². The van der Waals surface area contributed by atoms with E-state index in [1.54, 1.807) is 30.3 Å². The quantitative estimate of drug-likeness (QED) is 0.0334. The van der Waals surface area contributed by atoms with E-state index in [1.165, 1.54) is 0 Å². The second-order valence-corrected chi connectivity index (χ2v) is 15.0. The summed E-state index contributed by atoms with van der Waals surface area (Å²) in [5, 5.41) is 18.4. The fraction of sp³-hybridized carbons (Fsp3) is 0.229. The lowest BCUT2D eigenvalue weighted by molar-refractivity contribution is -0.136. The Kier molecular flexibility index (Phi) is 13.4. The zero-order chi connectivity index (χ0) is 42.0. The van der Waals surface area contributed by atoms with Crippen molar-refractivity contribution in [3.05, 3.63) is 160 Å². The number of alkyl halides is 1. The predicted molar refractivity (Wildman–Crippen MR) is 231 cm³/mol.